The van der Waals surface area contributed by atoms with Gasteiger partial charge < -0.3 is 5.32 Å². The van der Waals surface area contributed by atoms with Gasteiger partial charge in [-0.3, -0.25) is 9.69 Å². The molecule has 20 heavy (non-hydrogen) atoms. The minimum Gasteiger partial charge on any atom is -0.352 e. The molecule has 7 heteroatoms. The Morgan fingerprint density at radius 1 is 1.15 bits per heavy atom. The zero-order chi connectivity index (χ0) is 14.6. The molecule has 116 valence electrons. The molecule has 0 radical (unpaired) electrons. The van der Waals surface area contributed by atoms with Gasteiger partial charge in [-0.2, -0.15) is 0 Å². The maximum absolute atomic E-state index is 12.0. The molecule has 2 aliphatic rings. The van der Waals surface area contributed by atoms with Crippen molar-refractivity contribution < 1.29 is 13.2 Å². The Morgan fingerprint density at radius 3 is 2.45 bits per heavy atom. The topological polar surface area (TPSA) is 78.5 Å². The van der Waals surface area contributed by atoms with Crippen LogP contribution in [0.5, 0.6) is 0 Å². The van der Waals surface area contributed by atoms with E-state index in [1.54, 1.807) is 0 Å². The van der Waals surface area contributed by atoms with Crippen LogP contribution in [0.25, 0.3) is 0 Å². The molecule has 0 aromatic carbocycles. The van der Waals surface area contributed by atoms with E-state index in [0.29, 0.717) is 19.1 Å². The number of rotatable bonds is 5. The van der Waals surface area contributed by atoms with Crippen molar-refractivity contribution in [1.82, 2.24) is 14.9 Å². The van der Waals surface area contributed by atoms with Crippen LogP contribution in [0.3, 0.4) is 0 Å². The van der Waals surface area contributed by atoms with Crippen LogP contribution in [0.2, 0.25) is 0 Å². The lowest BCUT2D eigenvalue weighted by Crippen LogP contribution is -2.50. The highest BCUT2D eigenvalue weighted by molar-refractivity contribution is 7.88. The largest absolute Gasteiger partial charge is 0.352 e. The third-order valence-corrected chi connectivity index (χ3v) is 4.74. The number of nitrogens with one attached hydrogen (secondary N) is 2. The van der Waals surface area contributed by atoms with Crippen molar-refractivity contribution >= 4 is 15.9 Å². The van der Waals surface area contributed by atoms with E-state index < -0.39 is 10.0 Å². The predicted octanol–water partition coefficient (Wildman–Crippen LogP) is 0.0588. The SMILES string of the molecule is CS(=O)(=O)NC1CCCN(CC(=O)NC2CCCC2)C1. The summed E-state index contributed by atoms with van der Waals surface area (Å²) in [5, 5.41) is 3.07. The number of likely N-dealkylation sites (tertiary alicyclic amines) is 1. The van der Waals surface area contributed by atoms with Crippen molar-refractivity contribution in [3.8, 4) is 0 Å². The normalized spacial score (nSPS) is 25.8. The van der Waals surface area contributed by atoms with Crippen molar-refractivity contribution in [1.29, 1.82) is 0 Å². The molecular weight excluding hydrogens is 278 g/mol. The molecule has 1 saturated heterocycles. The molecule has 2 rings (SSSR count). The van der Waals surface area contributed by atoms with Gasteiger partial charge in [-0.05, 0) is 32.2 Å². The fourth-order valence-electron chi connectivity index (χ4n) is 3.14. The Labute approximate surface area is 121 Å². The van der Waals surface area contributed by atoms with Crippen LogP contribution in [0.4, 0.5) is 0 Å². The third-order valence-electron chi connectivity index (χ3n) is 3.97. The van der Waals surface area contributed by atoms with Crippen LogP contribution in [0, 0.1) is 0 Å². The molecule has 0 aromatic rings. The Kier molecular flexibility index (Phi) is 5.40. The van der Waals surface area contributed by atoms with Gasteiger partial charge in [0.1, 0.15) is 0 Å². The minimum absolute atomic E-state index is 0.0666. The Bertz CT molecular complexity index is 432. The van der Waals surface area contributed by atoms with Crippen molar-refractivity contribution in [2.45, 2.75) is 50.6 Å². The molecule has 0 spiro atoms. The van der Waals surface area contributed by atoms with E-state index in [1.807, 2.05) is 4.90 Å². The molecule has 1 heterocycles. The number of nitrogens with zero attached hydrogens (tertiary/aromatic N) is 1. The fraction of sp³-hybridized carbons (Fsp3) is 0.923. The molecule has 1 unspecified atom stereocenters. The summed E-state index contributed by atoms with van der Waals surface area (Å²) in [6.07, 6.45) is 7.52. The molecule has 0 bridgehead atoms. The van der Waals surface area contributed by atoms with E-state index >= 15 is 0 Å². The molecule has 1 aliphatic heterocycles. The van der Waals surface area contributed by atoms with Crippen LogP contribution in [0.15, 0.2) is 0 Å². The first-order valence-electron chi connectivity index (χ1n) is 7.41. The highest BCUT2D eigenvalue weighted by atomic mass is 32.2. The van der Waals surface area contributed by atoms with E-state index in [1.165, 1.54) is 19.1 Å². The lowest BCUT2D eigenvalue weighted by atomic mass is 10.1. The molecule has 1 aliphatic carbocycles. The highest BCUT2D eigenvalue weighted by Crippen LogP contribution is 2.17. The number of sulfonamides is 1. The van der Waals surface area contributed by atoms with Gasteiger partial charge in [-0.25, -0.2) is 13.1 Å². The lowest BCUT2D eigenvalue weighted by molar-refractivity contribution is -0.123. The first-order chi connectivity index (χ1) is 9.42. The van der Waals surface area contributed by atoms with Crippen LogP contribution in [-0.4, -0.2) is 57.2 Å². The fourth-order valence-corrected chi connectivity index (χ4v) is 3.94. The first-order valence-corrected chi connectivity index (χ1v) is 9.30. The van der Waals surface area contributed by atoms with Gasteiger partial charge in [0.05, 0.1) is 12.8 Å². The Morgan fingerprint density at radius 2 is 1.80 bits per heavy atom. The quantitative estimate of drug-likeness (QED) is 0.753. The van der Waals surface area contributed by atoms with E-state index in [4.69, 9.17) is 0 Å². The van der Waals surface area contributed by atoms with E-state index in [0.717, 1.165) is 32.2 Å². The summed E-state index contributed by atoms with van der Waals surface area (Å²) >= 11 is 0. The summed E-state index contributed by atoms with van der Waals surface area (Å²) in [5.41, 5.74) is 0. The number of piperidine rings is 1. The van der Waals surface area contributed by atoms with Crippen LogP contribution in [0.1, 0.15) is 38.5 Å². The average molecular weight is 303 g/mol. The standard InChI is InChI=1S/C13H25N3O3S/c1-20(18,19)15-12-7-4-8-16(9-12)10-13(17)14-11-5-2-3-6-11/h11-12,15H,2-10H2,1H3,(H,14,17). The summed E-state index contributed by atoms with van der Waals surface area (Å²) < 4.78 is 25.1. The second kappa shape index (κ2) is 6.87. The Balaban J connectivity index is 1.75. The second-order valence-corrected chi connectivity index (χ2v) is 7.79. The molecule has 1 amide bonds. The van der Waals surface area contributed by atoms with Gasteiger partial charge >= 0.3 is 0 Å². The first kappa shape index (κ1) is 15.7. The summed E-state index contributed by atoms with van der Waals surface area (Å²) in [6.45, 7) is 1.85. The Hall–Kier alpha value is -0.660. The molecule has 0 aromatic heterocycles. The lowest BCUT2D eigenvalue weighted by Gasteiger charge is -2.32. The van der Waals surface area contributed by atoms with Gasteiger partial charge in [0.2, 0.25) is 15.9 Å². The van der Waals surface area contributed by atoms with E-state index in [-0.39, 0.29) is 11.9 Å². The predicted molar refractivity (Wildman–Crippen MR) is 77.8 cm³/mol. The van der Waals surface area contributed by atoms with Crippen molar-refractivity contribution in [3.05, 3.63) is 0 Å². The molecule has 1 saturated carbocycles. The van der Waals surface area contributed by atoms with Crippen molar-refractivity contribution in [3.63, 3.8) is 0 Å². The van der Waals surface area contributed by atoms with E-state index in [9.17, 15) is 13.2 Å². The van der Waals surface area contributed by atoms with Crippen LogP contribution >= 0.6 is 0 Å². The minimum atomic E-state index is -3.17. The molecular formula is C13H25N3O3S. The zero-order valence-corrected chi connectivity index (χ0v) is 12.9. The van der Waals surface area contributed by atoms with Crippen molar-refractivity contribution in [2.75, 3.05) is 25.9 Å². The van der Waals surface area contributed by atoms with Crippen LogP contribution in [-0.2, 0) is 14.8 Å². The number of hydrogen-bond donors (Lipinski definition) is 2. The second-order valence-electron chi connectivity index (χ2n) is 6.01. The summed E-state index contributed by atoms with van der Waals surface area (Å²) in [5.74, 6) is 0.0666. The van der Waals surface area contributed by atoms with Crippen molar-refractivity contribution in [2.24, 2.45) is 0 Å². The average Bonchev–Trinajstić information content (AvgIpc) is 2.79. The van der Waals surface area contributed by atoms with Gasteiger partial charge in [0, 0.05) is 18.6 Å². The number of carbonyl (C=O) groups is 1. The summed E-state index contributed by atoms with van der Waals surface area (Å²) in [6, 6.07) is 0.273. The van der Waals surface area contributed by atoms with Gasteiger partial charge in [-0.1, -0.05) is 12.8 Å². The summed E-state index contributed by atoms with van der Waals surface area (Å²) in [7, 11) is -3.17. The smallest absolute Gasteiger partial charge is 0.234 e. The maximum atomic E-state index is 12.0. The van der Waals surface area contributed by atoms with Gasteiger partial charge in [-0.15, -0.1) is 0 Å². The molecule has 6 nitrogen and oxygen atoms in total. The van der Waals surface area contributed by atoms with Crippen LogP contribution < -0.4 is 10.0 Å². The third kappa shape index (κ3) is 5.38. The highest BCUT2D eigenvalue weighted by Gasteiger charge is 2.24. The molecule has 1 atom stereocenters. The van der Waals surface area contributed by atoms with E-state index in [2.05, 4.69) is 10.0 Å². The number of amides is 1. The molecule has 2 fully saturated rings. The van der Waals surface area contributed by atoms with Gasteiger partial charge in [0.25, 0.3) is 0 Å². The van der Waals surface area contributed by atoms with Gasteiger partial charge in [0.15, 0.2) is 0 Å². The summed E-state index contributed by atoms with van der Waals surface area (Å²) in [4.78, 5) is 14.0. The number of hydrogen-bond acceptors (Lipinski definition) is 4. The zero-order valence-electron chi connectivity index (χ0n) is 12.1. The molecule has 2 N–H and O–H groups in total. The number of carbonyl (C=O) groups excluding carboxylic acids is 1. The maximum Gasteiger partial charge on any atom is 0.234 e. The monoisotopic (exact) mass is 303 g/mol.